The summed E-state index contributed by atoms with van der Waals surface area (Å²) >= 11 is 0. The largest absolute Gasteiger partial charge is 0.380 e. The van der Waals surface area contributed by atoms with Crippen LogP contribution in [-0.4, -0.2) is 25.8 Å². The molecule has 1 aromatic carbocycles. The Morgan fingerprint density at radius 2 is 2.12 bits per heavy atom. The van der Waals surface area contributed by atoms with Gasteiger partial charge in [-0.25, -0.2) is 4.39 Å². The highest BCUT2D eigenvalue weighted by Gasteiger charge is 2.12. The quantitative estimate of drug-likeness (QED) is 0.844. The average molecular weight is 223 g/mol. The van der Waals surface area contributed by atoms with Crippen molar-refractivity contribution in [3.8, 4) is 0 Å². The van der Waals surface area contributed by atoms with E-state index in [9.17, 15) is 4.39 Å². The van der Waals surface area contributed by atoms with E-state index in [4.69, 9.17) is 4.74 Å². The van der Waals surface area contributed by atoms with Gasteiger partial charge in [0.1, 0.15) is 5.82 Å². The first kappa shape index (κ1) is 11.6. The lowest BCUT2D eigenvalue weighted by atomic mass is 10.1. The molecule has 88 valence electrons. The Bertz CT molecular complexity index is 306. The molecule has 1 aromatic rings. The molecule has 1 aliphatic heterocycles. The molecule has 0 spiro atoms. The van der Waals surface area contributed by atoms with Gasteiger partial charge in [-0.2, -0.15) is 0 Å². The Kier molecular flexibility index (Phi) is 4.31. The van der Waals surface area contributed by atoms with E-state index >= 15 is 0 Å². The Morgan fingerprint density at radius 1 is 1.31 bits per heavy atom. The van der Waals surface area contributed by atoms with E-state index in [2.05, 4.69) is 5.32 Å². The van der Waals surface area contributed by atoms with Crippen LogP contribution in [0, 0.1) is 5.82 Å². The smallest absolute Gasteiger partial charge is 0.123 e. The topological polar surface area (TPSA) is 21.3 Å². The lowest BCUT2D eigenvalue weighted by Crippen LogP contribution is -2.37. The van der Waals surface area contributed by atoms with Crippen molar-refractivity contribution in [3.63, 3.8) is 0 Å². The lowest BCUT2D eigenvalue weighted by molar-refractivity contribution is 0.0707. The summed E-state index contributed by atoms with van der Waals surface area (Å²) in [5.74, 6) is -0.169. The zero-order valence-electron chi connectivity index (χ0n) is 9.42. The van der Waals surface area contributed by atoms with E-state index in [1.165, 1.54) is 24.1 Å². The highest BCUT2D eigenvalue weighted by molar-refractivity contribution is 5.16. The molecule has 1 aliphatic rings. The highest BCUT2D eigenvalue weighted by atomic mass is 19.1. The van der Waals surface area contributed by atoms with Crippen molar-refractivity contribution in [2.24, 2.45) is 0 Å². The van der Waals surface area contributed by atoms with Gasteiger partial charge in [-0.15, -0.1) is 0 Å². The van der Waals surface area contributed by atoms with Gasteiger partial charge in [0.05, 0.1) is 6.61 Å². The summed E-state index contributed by atoms with van der Waals surface area (Å²) in [6.45, 7) is 2.65. The second-order valence-electron chi connectivity index (χ2n) is 4.24. The molecule has 1 N–H and O–H groups in total. The average Bonchev–Trinajstić information content (AvgIpc) is 2.33. The Morgan fingerprint density at radius 3 is 2.81 bits per heavy atom. The third-order valence-electron chi connectivity index (χ3n) is 2.92. The Hall–Kier alpha value is -0.930. The van der Waals surface area contributed by atoms with Gasteiger partial charge >= 0.3 is 0 Å². The number of rotatable bonds is 4. The van der Waals surface area contributed by atoms with Gasteiger partial charge in [0.25, 0.3) is 0 Å². The van der Waals surface area contributed by atoms with Crippen molar-refractivity contribution >= 4 is 0 Å². The van der Waals surface area contributed by atoms with Crippen LogP contribution in [0.4, 0.5) is 4.39 Å². The minimum Gasteiger partial charge on any atom is -0.380 e. The predicted octanol–water partition coefficient (Wildman–Crippen LogP) is 2.14. The van der Waals surface area contributed by atoms with Gasteiger partial charge in [0.15, 0.2) is 0 Å². The summed E-state index contributed by atoms with van der Waals surface area (Å²) in [5, 5.41) is 3.47. The molecule has 2 nitrogen and oxygen atoms in total. The molecule has 2 rings (SSSR count). The molecule has 16 heavy (non-hydrogen) atoms. The van der Waals surface area contributed by atoms with Crippen molar-refractivity contribution in [1.82, 2.24) is 5.32 Å². The molecule has 0 amide bonds. The van der Waals surface area contributed by atoms with Crippen LogP contribution in [0.3, 0.4) is 0 Å². The van der Waals surface area contributed by atoms with E-state index in [0.717, 1.165) is 32.6 Å². The second kappa shape index (κ2) is 5.97. The van der Waals surface area contributed by atoms with Gasteiger partial charge in [0.2, 0.25) is 0 Å². The number of hydrogen-bond donors (Lipinski definition) is 1. The summed E-state index contributed by atoms with van der Waals surface area (Å²) in [6, 6.07) is 7.20. The lowest BCUT2D eigenvalue weighted by Gasteiger charge is -2.23. The fraction of sp³-hybridized carbons (Fsp3) is 0.538. The summed E-state index contributed by atoms with van der Waals surface area (Å²) in [6.07, 6.45) is 3.29. The van der Waals surface area contributed by atoms with Crippen molar-refractivity contribution < 1.29 is 9.13 Å². The molecule has 1 atom stereocenters. The third kappa shape index (κ3) is 3.58. The number of nitrogens with one attached hydrogen (secondary N) is 1. The molecule has 0 aromatic heterocycles. The molecule has 1 heterocycles. The third-order valence-corrected chi connectivity index (χ3v) is 2.92. The molecular weight excluding hydrogens is 205 g/mol. The Balaban J connectivity index is 1.69. The number of halogens is 1. The van der Waals surface area contributed by atoms with Crippen LogP contribution in [-0.2, 0) is 11.2 Å². The maximum Gasteiger partial charge on any atom is 0.123 e. The fourth-order valence-corrected chi connectivity index (χ4v) is 1.97. The Labute approximate surface area is 95.8 Å². The molecule has 1 fully saturated rings. The van der Waals surface area contributed by atoms with Gasteiger partial charge in [-0.3, -0.25) is 0 Å². The van der Waals surface area contributed by atoms with Crippen molar-refractivity contribution in [2.75, 3.05) is 19.8 Å². The van der Waals surface area contributed by atoms with E-state index in [1.807, 2.05) is 12.1 Å². The van der Waals surface area contributed by atoms with Crippen LogP contribution in [0.5, 0.6) is 0 Å². The van der Waals surface area contributed by atoms with Gasteiger partial charge in [0, 0.05) is 12.6 Å². The van der Waals surface area contributed by atoms with Crippen LogP contribution >= 0.6 is 0 Å². The fourth-order valence-electron chi connectivity index (χ4n) is 1.97. The maximum atomic E-state index is 12.7. The highest BCUT2D eigenvalue weighted by Crippen LogP contribution is 2.06. The van der Waals surface area contributed by atoms with Gasteiger partial charge < -0.3 is 10.1 Å². The van der Waals surface area contributed by atoms with E-state index < -0.39 is 0 Å². The standard InChI is InChI=1S/C13H18FNO/c14-12-5-3-11(4-6-12)7-8-15-13-2-1-9-16-10-13/h3-6,13,15H,1-2,7-10H2. The van der Waals surface area contributed by atoms with E-state index in [0.29, 0.717) is 6.04 Å². The summed E-state index contributed by atoms with van der Waals surface area (Å²) in [7, 11) is 0. The molecule has 0 radical (unpaired) electrons. The molecule has 1 unspecified atom stereocenters. The van der Waals surface area contributed by atoms with Crippen molar-refractivity contribution in [3.05, 3.63) is 35.6 Å². The van der Waals surface area contributed by atoms with Gasteiger partial charge in [-0.1, -0.05) is 12.1 Å². The molecule has 3 heteroatoms. The second-order valence-corrected chi connectivity index (χ2v) is 4.24. The van der Waals surface area contributed by atoms with Crippen LogP contribution in [0.25, 0.3) is 0 Å². The molecule has 0 bridgehead atoms. The van der Waals surface area contributed by atoms with Crippen LogP contribution in [0.15, 0.2) is 24.3 Å². The summed E-state index contributed by atoms with van der Waals surface area (Å²) < 4.78 is 18.1. The zero-order valence-corrected chi connectivity index (χ0v) is 9.42. The first-order chi connectivity index (χ1) is 7.84. The van der Waals surface area contributed by atoms with Crippen molar-refractivity contribution in [1.29, 1.82) is 0 Å². The minimum atomic E-state index is -0.169. The van der Waals surface area contributed by atoms with Gasteiger partial charge in [-0.05, 0) is 43.5 Å². The normalized spacial score (nSPS) is 20.9. The maximum absolute atomic E-state index is 12.7. The zero-order chi connectivity index (χ0) is 11.2. The number of benzene rings is 1. The van der Waals surface area contributed by atoms with Crippen LogP contribution < -0.4 is 5.32 Å². The first-order valence-corrected chi connectivity index (χ1v) is 5.90. The van der Waals surface area contributed by atoms with Crippen LogP contribution in [0.1, 0.15) is 18.4 Å². The monoisotopic (exact) mass is 223 g/mol. The van der Waals surface area contributed by atoms with E-state index in [1.54, 1.807) is 0 Å². The number of ether oxygens (including phenoxy) is 1. The summed E-state index contributed by atoms with van der Waals surface area (Å²) in [4.78, 5) is 0. The van der Waals surface area contributed by atoms with Crippen molar-refractivity contribution in [2.45, 2.75) is 25.3 Å². The molecule has 0 aliphatic carbocycles. The SMILES string of the molecule is Fc1ccc(CCNC2CCCOC2)cc1. The summed E-state index contributed by atoms with van der Waals surface area (Å²) in [5.41, 5.74) is 1.17. The molecular formula is C13H18FNO. The minimum absolute atomic E-state index is 0.169. The number of hydrogen-bond acceptors (Lipinski definition) is 2. The predicted molar refractivity (Wildman–Crippen MR) is 61.9 cm³/mol. The first-order valence-electron chi connectivity index (χ1n) is 5.90. The molecule has 1 saturated heterocycles. The van der Waals surface area contributed by atoms with Crippen LogP contribution in [0.2, 0.25) is 0 Å². The van der Waals surface area contributed by atoms with E-state index in [-0.39, 0.29) is 5.82 Å². The molecule has 0 saturated carbocycles.